The van der Waals surface area contributed by atoms with Crippen LogP contribution in [0.25, 0.3) is 11.0 Å². The van der Waals surface area contributed by atoms with Gasteiger partial charge in [-0.15, -0.1) is 11.3 Å². The minimum absolute atomic E-state index is 0.0312. The summed E-state index contributed by atoms with van der Waals surface area (Å²) in [6.07, 6.45) is 1.98. The van der Waals surface area contributed by atoms with Crippen molar-refractivity contribution in [2.75, 3.05) is 13.2 Å². The van der Waals surface area contributed by atoms with Crippen LogP contribution in [0.3, 0.4) is 0 Å². The lowest BCUT2D eigenvalue weighted by molar-refractivity contribution is 0.0486. The molecule has 5 nitrogen and oxygen atoms in total. The second-order valence-corrected chi connectivity index (χ2v) is 7.91. The molecule has 6 heteroatoms. The molecule has 2 aromatic heterocycles. The van der Waals surface area contributed by atoms with Gasteiger partial charge in [0, 0.05) is 24.1 Å². The van der Waals surface area contributed by atoms with Gasteiger partial charge in [-0.1, -0.05) is 17.7 Å². The fourth-order valence-electron chi connectivity index (χ4n) is 3.38. The Labute approximate surface area is 161 Å². The van der Waals surface area contributed by atoms with Gasteiger partial charge in [-0.2, -0.15) is 0 Å². The van der Waals surface area contributed by atoms with Crippen molar-refractivity contribution in [3.8, 4) is 0 Å². The summed E-state index contributed by atoms with van der Waals surface area (Å²) in [5.41, 5.74) is 1.22. The number of hydrogen-bond acceptors (Lipinski definition) is 5. The van der Waals surface area contributed by atoms with E-state index in [0.29, 0.717) is 24.1 Å². The van der Waals surface area contributed by atoms with E-state index < -0.39 is 0 Å². The molecule has 0 N–H and O–H groups in total. The quantitative estimate of drug-likeness (QED) is 0.669. The first-order valence-corrected chi connectivity index (χ1v) is 9.96. The number of aryl methyl sites for hydroxylation is 1. The Morgan fingerprint density at radius 1 is 1.30 bits per heavy atom. The molecule has 1 aliphatic rings. The molecule has 1 amide bonds. The number of carbonyl (C=O) groups excluding carboxylic acids is 1. The molecular weight excluding hydrogens is 362 g/mol. The van der Waals surface area contributed by atoms with E-state index >= 15 is 0 Å². The Morgan fingerprint density at radius 3 is 2.93 bits per heavy atom. The molecule has 1 aliphatic heterocycles. The lowest BCUT2D eigenvalue weighted by atomic mass is 10.1. The monoisotopic (exact) mass is 383 g/mol. The van der Waals surface area contributed by atoms with Gasteiger partial charge in [-0.3, -0.25) is 9.59 Å². The van der Waals surface area contributed by atoms with E-state index in [1.54, 1.807) is 28.4 Å². The van der Waals surface area contributed by atoms with Gasteiger partial charge in [0.15, 0.2) is 11.2 Å². The normalized spacial score (nSPS) is 16.7. The van der Waals surface area contributed by atoms with E-state index in [1.165, 1.54) is 6.07 Å². The number of fused-ring (bicyclic) bond motifs is 1. The molecule has 0 radical (unpaired) electrons. The van der Waals surface area contributed by atoms with Gasteiger partial charge in [0.25, 0.3) is 5.91 Å². The Balaban J connectivity index is 1.66. The topological polar surface area (TPSA) is 59.8 Å². The van der Waals surface area contributed by atoms with E-state index in [0.717, 1.165) is 29.9 Å². The summed E-state index contributed by atoms with van der Waals surface area (Å²) in [4.78, 5) is 28.5. The van der Waals surface area contributed by atoms with Crippen molar-refractivity contribution in [2.45, 2.75) is 32.4 Å². The molecule has 140 valence electrons. The van der Waals surface area contributed by atoms with Gasteiger partial charge in [0.1, 0.15) is 5.58 Å². The molecule has 0 aliphatic carbocycles. The van der Waals surface area contributed by atoms with Gasteiger partial charge in [0.05, 0.1) is 18.0 Å². The summed E-state index contributed by atoms with van der Waals surface area (Å²) in [6.45, 7) is 3.62. The van der Waals surface area contributed by atoms with Crippen LogP contribution >= 0.6 is 11.3 Å². The molecule has 1 fully saturated rings. The van der Waals surface area contributed by atoms with Gasteiger partial charge >= 0.3 is 0 Å². The minimum Gasteiger partial charge on any atom is -0.451 e. The standard InChI is InChI=1S/C21H21NO4S/c1-14-6-7-19-17(10-14)18(23)11-20(26-19)21(24)22(12-15-4-2-8-25-15)13-16-5-3-9-27-16/h3,5-7,9-11,15H,2,4,8,12-13H2,1H3/t15-/m1/s1. The predicted octanol–water partition coefficient (Wildman–Crippen LogP) is 3.98. The average Bonchev–Trinajstić information content (AvgIpc) is 3.35. The van der Waals surface area contributed by atoms with Gasteiger partial charge in [0.2, 0.25) is 0 Å². The van der Waals surface area contributed by atoms with E-state index in [2.05, 4.69) is 0 Å². The van der Waals surface area contributed by atoms with Crippen LogP contribution in [0.5, 0.6) is 0 Å². The third kappa shape index (κ3) is 3.96. The second kappa shape index (κ2) is 7.66. The zero-order valence-corrected chi connectivity index (χ0v) is 16.0. The summed E-state index contributed by atoms with van der Waals surface area (Å²) >= 11 is 1.60. The van der Waals surface area contributed by atoms with Crippen LogP contribution in [-0.2, 0) is 11.3 Å². The fraction of sp³-hybridized carbons (Fsp3) is 0.333. The first-order valence-electron chi connectivity index (χ1n) is 9.08. The molecule has 0 saturated carbocycles. The molecule has 27 heavy (non-hydrogen) atoms. The third-order valence-corrected chi connectivity index (χ3v) is 5.62. The second-order valence-electron chi connectivity index (χ2n) is 6.87. The SMILES string of the molecule is Cc1ccc2oc(C(=O)N(Cc3cccs3)C[C@H]3CCCO3)cc(=O)c2c1. The van der Waals surface area contributed by atoms with Crippen molar-refractivity contribution in [2.24, 2.45) is 0 Å². The minimum atomic E-state index is -0.279. The molecule has 0 bridgehead atoms. The van der Waals surface area contributed by atoms with Crippen molar-refractivity contribution >= 4 is 28.2 Å². The van der Waals surface area contributed by atoms with E-state index in [-0.39, 0.29) is 23.2 Å². The number of nitrogens with zero attached hydrogens (tertiary/aromatic N) is 1. The maximum atomic E-state index is 13.2. The molecule has 3 aromatic rings. The van der Waals surface area contributed by atoms with Crippen LogP contribution in [0.15, 0.2) is 51.0 Å². The summed E-state index contributed by atoms with van der Waals surface area (Å²) in [6, 6.07) is 10.7. The molecule has 3 heterocycles. The maximum Gasteiger partial charge on any atom is 0.290 e. The largest absolute Gasteiger partial charge is 0.451 e. The molecule has 1 saturated heterocycles. The van der Waals surface area contributed by atoms with Crippen LogP contribution in [0.4, 0.5) is 0 Å². The highest BCUT2D eigenvalue weighted by Gasteiger charge is 2.26. The number of thiophene rings is 1. The summed E-state index contributed by atoms with van der Waals surface area (Å²) in [7, 11) is 0. The van der Waals surface area contributed by atoms with Crippen molar-refractivity contribution < 1.29 is 13.9 Å². The molecule has 0 unspecified atom stereocenters. The predicted molar refractivity (Wildman–Crippen MR) is 105 cm³/mol. The molecule has 1 atom stereocenters. The lowest BCUT2D eigenvalue weighted by Crippen LogP contribution is -2.37. The van der Waals surface area contributed by atoms with Crippen LogP contribution in [0, 0.1) is 6.92 Å². The number of hydrogen-bond donors (Lipinski definition) is 0. The zero-order valence-electron chi connectivity index (χ0n) is 15.1. The van der Waals surface area contributed by atoms with Crippen molar-refractivity contribution in [1.29, 1.82) is 0 Å². The number of ether oxygens (including phenoxy) is 1. The van der Waals surface area contributed by atoms with Gasteiger partial charge < -0.3 is 14.1 Å². The molecule has 0 spiro atoms. The van der Waals surface area contributed by atoms with Crippen LogP contribution in [0.2, 0.25) is 0 Å². The number of rotatable bonds is 5. The number of benzene rings is 1. The highest BCUT2D eigenvalue weighted by Crippen LogP contribution is 2.20. The average molecular weight is 383 g/mol. The van der Waals surface area contributed by atoms with Crippen molar-refractivity contribution in [3.05, 3.63) is 68.2 Å². The Morgan fingerprint density at radius 2 is 2.19 bits per heavy atom. The smallest absolute Gasteiger partial charge is 0.290 e. The Bertz CT molecular complexity index is 1000. The third-order valence-electron chi connectivity index (χ3n) is 4.76. The van der Waals surface area contributed by atoms with Crippen LogP contribution in [-0.4, -0.2) is 30.1 Å². The van der Waals surface area contributed by atoms with Crippen molar-refractivity contribution in [1.82, 2.24) is 4.90 Å². The van der Waals surface area contributed by atoms with Crippen LogP contribution < -0.4 is 5.43 Å². The molecule has 4 rings (SSSR count). The molecular formula is C21H21NO4S. The number of amides is 1. The van der Waals surface area contributed by atoms with Crippen molar-refractivity contribution in [3.63, 3.8) is 0 Å². The Hall–Kier alpha value is -2.44. The van der Waals surface area contributed by atoms with Crippen LogP contribution in [0.1, 0.15) is 33.8 Å². The fourth-order valence-corrected chi connectivity index (χ4v) is 4.09. The highest BCUT2D eigenvalue weighted by molar-refractivity contribution is 7.09. The highest BCUT2D eigenvalue weighted by atomic mass is 32.1. The zero-order chi connectivity index (χ0) is 18.8. The first-order chi connectivity index (χ1) is 13.1. The first kappa shape index (κ1) is 17.9. The summed E-state index contributed by atoms with van der Waals surface area (Å²) in [5, 5.41) is 2.48. The van der Waals surface area contributed by atoms with E-state index in [1.807, 2.05) is 30.5 Å². The van der Waals surface area contributed by atoms with Gasteiger partial charge in [-0.25, -0.2) is 0 Å². The van der Waals surface area contributed by atoms with Gasteiger partial charge in [-0.05, 0) is 43.3 Å². The Kier molecular flexibility index (Phi) is 5.09. The summed E-state index contributed by atoms with van der Waals surface area (Å²) < 4.78 is 11.5. The van der Waals surface area contributed by atoms with E-state index in [4.69, 9.17) is 9.15 Å². The molecule has 1 aromatic carbocycles. The van der Waals surface area contributed by atoms with E-state index in [9.17, 15) is 9.59 Å². The number of carbonyl (C=O) groups is 1. The lowest BCUT2D eigenvalue weighted by Gasteiger charge is -2.24. The maximum absolute atomic E-state index is 13.2. The summed E-state index contributed by atoms with van der Waals surface area (Å²) in [5.74, 6) is -0.204.